The van der Waals surface area contributed by atoms with E-state index in [9.17, 15) is 9.59 Å². The van der Waals surface area contributed by atoms with Crippen molar-refractivity contribution >= 4 is 29.7 Å². The summed E-state index contributed by atoms with van der Waals surface area (Å²) in [6.07, 6.45) is 6.77. The number of ether oxygens (including phenoxy) is 2. The first-order chi connectivity index (χ1) is 14.6. The van der Waals surface area contributed by atoms with Crippen molar-refractivity contribution in [3.8, 4) is 11.5 Å². The van der Waals surface area contributed by atoms with Crippen LogP contribution in [0.15, 0.2) is 47.6 Å². The van der Waals surface area contributed by atoms with Crippen LogP contribution in [0.25, 0.3) is 0 Å². The standard InChI is InChI=1S/C23H25ClN2O4/c1-2-29-21-14-16(15-25-26-22(27)17-6-4-3-5-7-17)8-13-20(21)30-23(28)18-9-11-19(24)12-10-18/h8-15,17H,2-7H2,1H3,(H,26,27)/b25-15+. The Kier molecular flexibility index (Phi) is 7.85. The van der Waals surface area contributed by atoms with Crippen molar-refractivity contribution in [1.82, 2.24) is 5.43 Å². The number of hydrogen-bond donors (Lipinski definition) is 1. The molecule has 3 rings (SSSR count). The van der Waals surface area contributed by atoms with E-state index >= 15 is 0 Å². The third kappa shape index (κ3) is 6.07. The number of carbonyl (C=O) groups is 2. The number of esters is 1. The van der Waals surface area contributed by atoms with Gasteiger partial charge in [-0.15, -0.1) is 0 Å². The smallest absolute Gasteiger partial charge is 0.343 e. The van der Waals surface area contributed by atoms with Crippen molar-refractivity contribution < 1.29 is 19.1 Å². The minimum Gasteiger partial charge on any atom is -0.490 e. The number of nitrogens with one attached hydrogen (secondary N) is 1. The van der Waals surface area contributed by atoms with Gasteiger partial charge in [0.1, 0.15) is 0 Å². The van der Waals surface area contributed by atoms with Gasteiger partial charge in [0.25, 0.3) is 0 Å². The Hall–Kier alpha value is -2.86. The van der Waals surface area contributed by atoms with E-state index in [0.717, 1.165) is 25.7 Å². The van der Waals surface area contributed by atoms with E-state index in [-0.39, 0.29) is 11.8 Å². The highest BCUT2D eigenvalue weighted by atomic mass is 35.5. The molecule has 0 aromatic heterocycles. The molecule has 0 spiro atoms. The summed E-state index contributed by atoms with van der Waals surface area (Å²) in [5.74, 6) is 0.227. The zero-order valence-electron chi connectivity index (χ0n) is 16.9. The van der Waals surface area contributed by atoms with Crippen LogP contribution in [0.3, 0.4) is 0 Å². The molecular formula is C23H25ClN2O4. The maximum atomic E-state index is 12.4. The molecule has 0 atom stereocenters. The Morgan fingerprint density at radius 2 is 1.83 bits per heavy atom. The van der Waals surface area contributed by atoms with Crippen molar-refractivity contribution in [2.24, 2.45) is 11.0 Å². The lowest BCUT2D eigenvalue weighted by Crippen LogP contribution is -2.28. The molecular weight excluding hydrogens is 404 g/mol. The highest BCUT2D eigenvalue weighted by Gasteiger charge is 2.20. The van der Waals surface area contributed by atoms with Gasteiger partial charge in [0.05, 0.1) is 18.4 Å². The molecule has 30 heavy (non-hydrogen) atoms. The van der Waals surface area contributed by atoms with E-state index in [1.807, 2.05) is 6.92 Å². The third-order valence-corrected chi connectivity index (χ3v) is 5.17. The van der Waals surface area contributed by atoms with Gasteiger partial charge >= 0.3 is 5.97 Å². The molecule has 1 fully saturated rings. The Balaban J connectivity index is 1.65. The summed E-state index contributed by atoms with van der Waals surface area (Å²) >= 11 is 5.85. The second-order valence-electron chi connectivity index (χ2n) is 7.10. The summed E-state index contributed by atoms with van der Waals surface area (Å²) in [5, 5.41) is 4.61. The summed E-state index contributed by atoms with van der Waals surface area (Å²) in [4.78, 5) is 24.5. The van der Waals surface area contributed by atoms with Gasteiger partial charge in [-0.25, -0.2) is 10.2 Å². The van der Waals surface area contributed by atoms with Crippen LogP contribution in [0, 0.1) is 5.92 Å². The molecule has 0 aliphatic heterocycles. The molecule has 0 unspecified atom stereocenters. The van der Waals surface area contributed by atoms with Crippen molar-refractivity contribution in [3.05, 3.63) is 58.6 Å². The van der Waals surface area contributed by atoms with Crippen molar-refractivity contribution in [1.29, 1.82) is 0 Å². The summed E-state index contributed by atoms with van der Waals surface area (Å²) in [6, 6.07) is 11.5. The van der Waals surface area contributed by atoms with Crippen LogP contribution in [-0.4, -0.2) is 24.7 Å². The van der Waals surface area contributed by atoms with Crippen molar-refractivity contribution in [2.45, 2.75) is 39.0 Å². The molecule has 2 aromatic carbocycles. The van der Waals surface area contributed by atoms with Crippen LogP contribution in [0.1, 0.15) is 54.9 Å². The highest BCUT2D eigenvalue weighted by Crippen LogP contribution is 2.29. The second kappa shape index (κ2) is 10.8. The van der Waals surface area contributed by atoms with Gasteiger partial charge in [-0.2, -0.15) is 5.10 Å². The molecule has 1 N–H and O–H groups in total. The van der Waals surface area contributed by atoms with E-state index in [2.05, 4.69) is 10.5 Å². The quantitative estimate of drug-likeness (QED) is 0.292. The summed E-state index contributed by atoms with van der Waals surface area (Å²) in [5.41, 5.74) is 3.72. The van der Waals surface area contributed by atoms with Crippen LogP contribution in [0.4, 0.5) is 0 Å². The molecule has 0 radical (unpaired) electrons. The fraction of sp³-hybridized carbons (Fsp3) is 0.348. The Morgan fingerprint density at radius 1 is 1.10 bits per heavy atom. The van der Waals surface area contributed by atoms with Gasteiger partial charge in [0, 0.05) is 10.9 Å². The Bertz CT molecular complexity index is 906. The van der Waals surface area contributed by atoms with Gasteiger partial charge in [0.2, 0.25) is 5.91 Å². The monoisotopic (exact) mass is 428 g/mol. The minimum absolute atomic E-state index is 0.0375. The third-order valence-electron chi connectivity index (χ3n) is 4.91. The molecule has 0 saturated heterocycles. The van der Waals surface area contributed by atoms with Crippen LogP contribution in [-0.2, 0) is 4.79 Å². The Morgan fingerprint density at radius 3 is 2.53 bits per heavy atom. The SMILES string of the molecule is CCOc1cc(/C=N/NC(=O)C2CCCCC2)ccc1OC(=O)c1ccc(Cl)cc1. The van der Waals surface area contributed by atoms with E-state index in [4.69, 9.17) is 21.1 Å². The number of hydrogen-bond acceptors (Lipinski definition) is 5. The van der Waals surface area contributed by atoms with Crippen molar-refractivity contribution in [2.75, 3.05) is 6.61 Å². The fourth-order valence-corrected chi connectivity index (χ4v) is 3.45. The summed E-state index contributed by atoms with van der Waals surface area (Å²) in [7, 11) is 0. The second-order valence-corrected chi connectivity index (χ2v) is 7.54. The number of rotatable bonds is 7. The van der Waals surface area contributed by atoms with E-state index in [1.54, 1.807) is 48.7 Å². The predicted octanol–water partition coefficient (Wildman–Crippen LogP) is 4.99. The first-order valence-electron chi connectivity index (χ1n) is 10.1. The van der Waals surface area contributed by atoms with E-state index in [0.29, 0.717) is 34.3 Å². The van der Waals surface area contributed by atoms with Gasteiger partial charge in [-0.1, -0.05) is 30.9 Å². The first kappa shape index (κ1) is 21.8. The molecule has 1 aliphatic rings. The lowest BCUT2D eigenvalue weighted by molar-refractivity contribution is -0.125. The van der Waals surface area contributed by atoms with Crippen LogP contribution in [0.5, 0.6) is 11.5 Å². The molecule has 7 heteroatoms. The number of carbonyl (C=O) groups excluding carboxylic acids is 2. The summed E-state index contributed by atoms with van der Waals surface area (Å²) in [6.45, 7) is 2.25. The number of benzene rings is 2. The predicted molar refractivity (Wildman–Crippen MR) is 116 cm³/mol. The van der Waals surface area contributed by atoms with Crippen molar-refractivity contribution in [3.63, 3.8) is 0 Å². The zero-order chi connectivity index (χ0) is 21.3. The van der Waals surface area contributed by atoms with Gasteiger partial charge in [-0.3, -0.25) is 4.79 Å². The zero-order valence-corrected chi connectivity index (χ0v) is 17.7. The highest BCUT2D eigenvalue weighted by molar-refractivity contribution is 6.30. The lowest BCUT2D eigenvalue weighted by Gasteiger charge is -2.19. The average molecular weight is 429 g/mol. The topological polar surface area (TPSA) is 77.0 Å². The largest absolute Gasteiger partial charge is 0.490 e. The lowest BCUT2D eigenvalue weighted by atomic mass is 9.89. The van der Waals surface area contributed by atoms with Gasteiger partial charge in [0.15, 0.2) is 11.5 Å². The van der Waals surface area contributed by atoms with Crippen LogP contribution >= 0.6 is 11.6 Å². The molecule has 1 amide bonds. The molecule has 1 saturated carbocycles. The van der Waals surface area contributed by atoms with Crippen LogP contribution in [0.2, 0.25) is 5.02 Å². The van der Waals surface area contributed by atoms with E-state index < -0.39 is 5.97 Å². The Labute approximate surface area is 181 Å². The van der Waals surface area contributed by atoms with E-state index in [1.165, 1.54) is 6.42 Å². The molecule has 158 valence electrons. The molecule has 0 heterocycles. The molecule has 6 nitrogen and oxygen atoms in total. The maximum Gasteiger partial charge on any atom is 0.343 e. The molecule has 0 bridgehead atoms. The van der Waals surface area contributed by atoms with Gasteiger partial charge in [-0.05, 0) is 67.8 Å². The van der Waals surface area contributed by atoms with Crippen LogP contribution < -0.4 is 14.9 Å². The number of halogens is 1. The summed E-state index contributed by atoms with van der Waals surface area (Å²) < 4.78 is 11.1. The number of nitrogens with zero attached hydrogens (tertiary/aromatic N) is 1. The fourth-order valence-electron chi connectivity index (χ4n) is 3.33. The normalized spacial score (nSPS) is 14.5. The maximum absolute atomic E-state index is 12.4. The number of amides is 1. The first-order valence-corrected chi connectivity index (χ1v) is 10.5. The number of hydrazone groups is 1. The molecule has 1 aliphatic carbocycles. The van der Waals surface area contributed by atoms with Gasteiger partial charge < -0.3 is 9.47 Å². The minimum atomic E-state index is -0.506. The average Bonchev–Trinajstić information content (AvgIpc) is 2.76. The molecule has 2 aromatic rings.